The zero-order valence-electron chi connectivity index (χ0n) is 29.1. The molecule has 0 bridgehead atoms. The second-order valence-corrected chi connectivity index (χ2v) is 14.1. The van der Waals surface area contributed by atoms with Gasteiger partial charge in [0.15, 0.2) is 0 Å². The number of hydrogen-bond donors (Lipinski definition) is 1. The number of carboxylic acids is 1. The molecule has 50 heavy (non-hydrogen) atoms. The van der Waals surface area contributed by atoms with Gasteiger partial charge in [0.05, 0.1) is 31.8 Å². The average molecular weight is 743 g/mol. The molecule has 6 rings (SSSR count). The van der Waals surface area contributed by atoms with E-state index in [1.54, 1.807) is 32.3 Å². The molecule has 4 atom stereocenters. The van der Waals surface area contributed by atoms with Gasteiger partial charge in [0, 0.05) is 70.5 Å². The molecule has 3 heterocycles. The van der Waals surface area contributed by atoms with Crippen molar-refractivity contribution in [1.82, 2.24) is 9.80 Å². The summed E-state index contributed by atoms with van der Waals surface area (Å²) >= 11 is 0. The van der Waals surface area contributed by atoms with E-state index in [1.807, 2.05) is 24.3 Å². The van der Waals surface area contributed by atoms with Crippen LogP contribution in [0.3, 0.4) is 0 Å². The molecule has 1 amide bonds. The summed E-state index contributed by atoms with van der Waals surface area (Å²) in [6.07, 6.45) is 5.35. The number of piperidine rings is 1. The maximum absolute atomic E-state index is 17.9. The normalized spacial score (nSPS) is 28.9. The zero-order chi connectivity index (χ0) is 34.0. The first-order valence-corrected chi connectivity index (χ1v) is 17.3. The first-order chi connectivity index (χ1) is 23.1. The highest BCUT2D eigenvalue weighted by Crippen LogP contribution is 2.46. The third kappa shape index (κ3) is 8.17. The van der Waals surface area contributed by atoms with E-state index in [0.717, 1.165) is 42.5 Å². The van der Waals surface area contributed by atoms with Gasteiger partial charge in [0.2, 0.25) is 5.67 Å². The second-order valence-electron chi connectivity index (χ2n) is 14.1. The molecule has 2 aromatic carbocycles. The Morgan fingerprint density at radius 3 is 2.22 bits per heavy atom. The van der Waals surface area contributed by atoms with Crippen molar-refractivity contribution in [2.75, 3.05) is 65.6 Å². The predicted octanol–water partition coefficient (Wildman–Crippen LogP) is 6.08. The fourth-order valence-corrected chi connectivity index (χ4v) is 8.68. The molecule has 13 heteroatoms. The van der Waals surface area contributed by atoms with Gasteiger partial charge in [-0.15, -0.1) is 24.8 Å². The number of nitrogens with zero attached hydrogens (tertiary/aromatic N) is 3. The highest BCUT2D eigenvalue weighted by molar-refractivity contribution is 5.88. The summed E-state index contributed by atoms with van der Waals surface area (Å²) in [5.74, 6) is -2.25. The Bertz CT molecular complexity index is 1440. The number of benzene rings is 2. The lowest BCUT2D eigenvalue weighted by Crippen LogP contribution is -2.53. The van der Waals surface area contributed by atoms with Crippen molar-refractivity contribution in [3.63, 3.8) is 0 Å². The standard InChI is InChI=1S/C37H49F2N3O6.2ClH/c1-46-22-29-18-26(32-13-6-27(38)19-34(32)40-16-14-25(15-17-40)35(43)44)20-42(29)36(45)37(39)23-41(28-7-11-31(48-3)12-8-28)21-33(37)24-4-9-30(47-2)10-5-24;;/h4-6,9-10,13,19,25-26,28-29,31,33H,7-8,11-12,14-18,20-23H2,1-3H3,(H,43,44);2*1H/t26-,28-,29+,31-,33+,37+;;/m1../s1. The van der Waals surface area contributed by atoms with Crippen LogP contribution < -0.4 is 9.64 Å². The lowest BCUT2D eigenvalue weighted by Gasteiger charge is -2.35. The van der Waals surface area contributed by atoms with Crippen molar-refractivity contribution in [2.24, 2.45) is 5.92 Å². The Morgan fingerprint density at radius 2 is 1.62 bits per heavy atom. The number of rotatable bonds is 10. The second kappa shape index (κ2) is 17.2. The van der Waals surface area contributed by atoms with Gasteiger partial charge in [0.25, 0.3) is 5.91 Å². The number of carbonyl (C=O) groups is 2. The monoisotopic (exact) mass is 741 g/mol. The van der Waals surface area contributed by atoms with Crippen LogP contribution in [0.25, 0.3) is 0 Å². The minimum Gasteiger partial charge on any atom is -0.497 e. The Labute approximate surface area is 306 Å². The highest BCUT2D eigenvalue weighted by atomic mass is 35.5. The van der Waals surface area contributed by atoms with Crippen LogP contribution in [0.4, 0.5) is 14.5 Å². The van der Waals surface area contributed by atoms with E-state index in [4.69, 9.17) is 14.2 Å². The van der Waals surface area contributed by atoms with Crippen molar-refractivity contribution in [3.05, 3.63) is 59.4 Å². The molecule has 3 aliphatic heterocycles. The topological polar surface area (TPSA) is 91.8 Å². The van der Waals surface area contributed by atoms with Crippen molar-refractivity contribution >= 4 is 42.4 Å². The van der Waals surface area contributed by atoms with Crippen LogP contribution in [0.1, 0.15) is 67.9 Å². The molecule has 9 nitrogen and oxygen atoms in total. The SMILES string of the molecule is COC[C@@H]1C[C@@H](c2ccc(F)cc2N2CCC(C(=O)O)CC2)CN1C(=O)[C@]1(F)CN([C@H]2CC[C@H](OC)CC2)C[C@H]1c1ccc(OC)cc1.Cl.Cl. The van der Waals surface area contributed by atoms with E-state index >= 15 is 4.39 Å². The van der Waals surface area contributed by atoms with E-state index in [9.17, 15) is 19.1 Å². The minimum absolute atomic E-state index is 0. The Morgan fingerprint density at radius 1 is 0.940 bits per heavy atom. The fourth-order valence-electron chi connectivity index (χ4n) is 8.68. The third-order valence-corrected chi connectivity index (χ3v) is 11.4. The van der Waals surface area contributed by atoms with Gasteiger partial charge >= 0.3 is 5.97 Å². The number of likely N-dealkylation sites (tertiary alicyclic amines) is 2. The van der Waals surface area contributed by atoms with Gasteiger partial charge in [0.1, 0.15) is 11.6 Å². The van der Waals surface area contributed by atoms with E-state index in [0.29, 0.717) is 44.6 Å². The number of methoxy groups -OCH3 is 3. The van der Waals surface area contributed by atoms with Crippen LogP contribution in [-0.4, -0.2) is 111 Å². The number of ether oxygens (including phenoxy) is 3. The number of anilines is 1. The summed E-state index contributed by atoms with van der Waals surface area (Å²) < 4.78 is 49.1. The Kier molecular flexibility index (Phi) is 13.8. The molecule has 2 aromatic rings. The molecule has 1 N–H and O–H groups in total. The summed E-state index contributed by atoms with van der Waals surface area (Å²) in [6.45, 7) is 2.02. The molecule has 4 fully saturated rings. The number of amides is 1. The van der Waals surface area contributed by atoms with E-state index in [1.165, 1.54) is 12.1 Å². The Hall–Kier alpha value is -2.70. The zero-order valence-corrected chi connectivity index (χ0v) is 30.7. The molecule has 0 radical (unpaired) electrons. The smallest absolute Gasteiger partial charge is 0.306 e. The van der Waals surface area contributed by atoms with Crippen LogP contribution in [0.2, 0.25) is 0 Å². The number of carboxylic acid groups (broad SMARTS) is 1. The summed E-state index contributed by atoms with van der Waals surface area (Å²) in [4.78, 5) is 32.2. The minimum atomic E-state index is -2.15. The average Bonchev–Trinajstić information content (AvgIpc) is 3.70. The highest BCUT2D eigenvalue weighted by Gasteiger charge is 2.58. The fraction of sp³-hybridized carbons (Fsp3) is 0.622. The lowest BCUT2D eigenvalue weighted by molar-refractivity contribution is -0.146. The predicted molar refractivity (Wildman–Crippen MR) is 192 cm³/mol. The van der Waals surface area contributed by atoms with E-state index < -0.39 is 29.4 Å². The molecule has 4 aliphatic rings. The third-order valence-electron chi connectivity index (χ3n) is 11.4. The van der Waals surface area contributed by atoms with E-state index in [-0.39, 0.29) is 74.4 Å². The molecule has 278 valence electrons. The van der Waals surface area contributed by atoms with Crippen LogP contribution >= 0.6 is 24.8 Å². The molecule has 0 spiro atoms. The maximum Gasteiger partial charge on any atom is 0.306 e. The van der Waals surface area contributed by atoms with Crippen LogP contribution in [-0.2, 0) is 19.1 Å². The van der Waals surface area contributed by atoms with E-state index in [2.05, 4.69) is 9.80 Å². The number of hydrogen-bond acceptors (Lipinski definition) is 7. The van der Waals surface area contributed by atoms with Crippen LogP contribution in [0, 0.1) is 11.7 Å². The summed E-state index contributed by atoms with van der Waals surface area (Å²) in [5.41, 5.74) is 0.227. The van der Waals surface area contributed by atoms with Crippen molar-refractivity contribution in [2.45, 2.75) is 80.6 Å². The molecular formula is C37H51Cl2F2N3O6. The maximum atomic E-state index is 17.9. The van der Waals surface area contributed by atoms with Crippen LogP contribution in [0.5, 0.6) is 5.75 Å². The number of aliphatic carboxylic acids is 1. The number of alkyl halides is 1. The van der Waals surface area contributed by atoms with Crippen molar-refractivity contribution < 1.29 is 37.7 Å². The van der Waals surface area contributed by atoms with Gasteiger partial charge in [-0.25, -0.2) is 8.78 Å². The first-order valence-electron chi connectivity index (χ1n) is 17.3. The lowest BCUT2D eigenvalue weighted by atomic mass is 9.85. The molecular weight excluding hydrogens is 691 g/mol. The summed E-state index contributed by atoms with van der Waals surface area (Å²) in [7, 11) is 4.92. The van der Waals surface area contributed by atoms with Crippen molar-refractivity contribution in [3.8, 4) is 5.75 Å². The molecule has 0 aromatic heterocycles. The number of carbonyl (C=O) groups excluding carboxylic acids is 1. The largest absolute Gasteiger partial charge is 0.497 e. The number of halogens is 4. The Balaban J connectivity index is 0.00000281. The van der Waals surface area contributed by atoms with Gasteiger partial charge in [-0.3, -0.25) is 14.5 Å². The summed E-state index contributed by atoms with van der Waals surface area (Å²) in [6, 6.07) is 11.9. The van der Waals surface area contributed by atoms with Crippen LogP contribution in [0.15, 0.2) is 42.5 Å². The molecule has 1 saturated carbocycles. The van der Waals surface area contributed by atoms with Gasteiger partial charge < -0.3 is 29.1 Å². The van der Waals surface area contributed by atoms with Gasteiger partial charge in [-0.1, -0.05) is 18.2 Å². The van der Waals surface area contributed by atoms with Gasteiger partial charge in [-0.2, -0.15) is 0 Å². The molecule has 1 aliphatic carbocycles. The summed E-state index contributed by atoms with van der Waals surface area (Å²) in [5, 5.41) is 9.49. The molecule has 0 unspecified atom stereocenters. The van der Waals surface area contributed by atoms with Gasteiger partial charge in [-0.05, 0) is 80.3 Å². The van der Waals surface area contributed by atoms with Crippen molar-refractivity contribution in [1.29, 1.82) is 0 Å². The quantitative estimate of drug-likeness (QED) is 0.314. The molecule has 3 saturated heterocycles. The first kappa shape index (κ1) is 40.1.